The van der Waals surface area contributed by atoms with E-state index in [1.54, 1.807) is 6.92 Å². The predicted molar refractivity (Wildman–Crippen MR) is 118 cm³/mol. The van der Waals surface area contributed by atoms with Gasteiger partial charge >= 0.3 is 12.1 Å². The quantitative estimate of drug-likeness (QED) is 0.259. The number of aromatic nitrogens is 2. The standard InChI is InChI=1S/C21H23F4N5O3S/c1-3-33-20(32)17-12-6-10(26-9-27-16-8-15(21(23,24)25)29-30(16)2)4-5-14(12)34-19(17)28-18(31)11-7-13(11)22/h8-11,13H,3-7H2,1-2H3,(H,26,27)(H,28,31)/t10-,11-,13+/m0/s1. The van der Waals surface area contributed by atoms with Crippen LogP contribution in [0.2, 0.25) is 0 Å². The number of aryl methyl sites for hydroxylation is 2. The van der Waals surface area contributed by atoms with E-state index in [0.29, 0.717) is 24.3 Å². The molecule has 1 fully saturated rings. The zero-order valence-electron chi connectivity index (χ0n) is 18.4. The van der Waals surface area contributed by atoms with Gasteiger partial charge < -0.3 is 15.4 Å². The van der Waals surface area contributed by atoms with E-state index in [0.717, 1.165) is 21.2 Å². The normalized spacial score (nSPS) is 21.9. The smallest absolute Gasteiger partial charge is 0.435 e. The lowest BCUT2D eigenvalue weighted by molar-refractivity contribution is -0.141. The Balaban J connectivity index is 1.49. The lowest BCUT2D eigenvalue weighted by Gasteiger charge is -2.19. The van der Waals surface area contributed by atoms with Crippen LogP contribution in [0.1, 0.15) is 46.3 Å². The highest BCUT2D eigenvalue weighted by Gasteiger charge is 2.44. The molecule has 0 radical (unpaired) electrons. The lowest BCUT2D eigenvalue weighted by Crippen LogP contribution is -2.21. The highest BCUT2D eigenvalue weighted by Crippen LogP contribution is 2.41. The maximum Gasteiger partial charge on any atom is 0.435 e. The molecule has 3 atom stereocenters. The van der Waals surface area contributed by atoms with E-state index in [-0.39, 0.29) is 30.5 Å². The monoisotopic (exact) mass is 501 g/mol. The van der Waals surface area contributed by atoms with Gasteiger partial charge in [0.1, 0.15) is 17.0 Å². The molecule has 0 aliphatic heterocycles. The van der Waals surface area contributed by atoms with Crippen molar-refractivity contribution in [3.8, 4) is 0 Å². The number of amides is 1. The summed E-state index contributed by atoms with van der Waals surface area (Å²) in [5.74, 6) is -1.58. The van der Waals surface area contributed by atoms with E-state index in [1.165, 1.54) is 24.7 Å². The summed E-state index contributed by atoms with van der Waals surface area (Å²) in [6.45, 7) is 1.83. The topological polar surface area (TPSA) is 97.6 Å². The third kappa shape index (κ3) is 5.08. The number of rotatable bonds is 7. The average molecular weight is 502 g/mol. The first-order chi connectivity index (χ1) is 16.1. The molecule has 0 aromatic carbocycles. The molecular weight excluding hydrogens is 478 g/mol. The van der Waals surface area contributed by atoms with Gasteiger partial charge in [-0.3, -0.25) is 14.5 Å². The van der Waals surface area contributed by atoms with E-state index < -0.39 is 35.8 Å². The molecule has 1 amide bonds. The van der Waals surface area contributed by atoms with Gasteiger partial charge in [-0.05, 0) is 38.2 Å². The largest absolute Gasteiger partial charge is 0.462 e. The summed E-state index contributed by atoms with van der Waals surface area (Å²) in [7, 11) is 1.39. The number of anilines is 2. The van der Waals surface area contributed by atoms with Crippen molar-refractivity contribution in [3.63, 3.8) is 0 Å². The second kappa shape index (κ2) is 9.35. The van der Waals surface area contributed by atoms with Gasteiger partial charge in [0.25, 0.3) is 0 Å². The SMILES string of the molecule is CCOC(=O)c1c(NC(=O)[C@H]2C[C@H]2F)sc2c1C[C@@H](N=CNc1cc(C(F)(F)F)nn1C)CC2. The number of ether oxygens (including phenoxy) is 1. The van der Waals surface area contributed by atoms with Gasteiger partial charge in [0.2, 0.25) is 5.91 Å². The Labute approximate surface area is 196 Å². The molecule has 2 aromatic heterocycles. The molecule has 13 heteroatoms. The van der Waals surface area contributed by atoms with Crippen LogP contribution >= 0.6 is 11.3 Å². The van der Waals surface area contributed by atoms with Crippen molar-refractivity contribution in [3.05, 3.63) is 27.8 Å². The third-order valence-corrected chi connectivity index (χ3v) is 6.88. The predicted octanol–water partition coefficient (Wildman–Crippen LogP) is 3.97. The molecule has 0 spiro atoms. The van der Waals surface area contributed by atoms with Crippen molar-refractivity contribution in [1.82, 2.24) is 9.78 Å². The van der Waals surface area contributed by atoms with Gasteiger partial charge in [-0.25, -0.2) is 9.18 Å². The number of carbonyl (C=O) groups excluding carboxylic acids is 2. The van der Waals surface area contributed by atoms with Gasteiger partial charge in [0.05, 0.1) is 30.5 Å². The zero-order valence-corrected chi connectivity index (χ0v) is 19.2. The highest BCUT2D eigenvalue weighted by atomic mass is 32.1. The molecule has 2 aliphatic rings. The van der Waals surface area contributed by atoms with Crippen LogP contribution < -0.4 is 10.6 Å². The Bertz CT molecular complexity index is 1130. The van der Waals surface area contributed by atoms with Crippen molar-refractivity contribution in [2.24, 2.45) is 18.0 Å². The van der Waals surface area contributed by atoms with Gasteiger partial charge in [0.15, 0.2) is 5.69 Å². The van der Waals surface area contributed by atoms with Crippen molar-refractivity contribution in [1.29, 1.82) is 0 Å². The molecule has 0 unspecified atom stereocenters. The van der Waals surface area contributed by atoms with E-state index in [4.69, 9.17) is 4.74 Å². The summed E-state index contributed by atoms with van der Waals surface area (Å²) in [6, 6.07) is 0.653. The summed E-state index contributed by atoms with van der Waals surface area (Å²) in [6.07, 6.45) is -2.56. The van der Waals surface area contributed by atoms with Gasteiger partial charge in [-0.2, -0.15) is 18.3 Å². The molecule has 34 heavy (non-hydrogen) atoms. The summed E-state index contributed by atoms with van der Waals surface area (Å²) in [5, 5.41) is 9.19. The summed E-state index contributed by atoms with van der Waals surface area (Å²) in [5.41, 5.74) is -0.0226. The first kappa shape index (κ1) is 24.2. The maximum atomic E-state index is 13.3. The Kier molecular flexibility index (Phi) is 6.65. The molecule has 0 bridgehead atoms. The number of alkyl halides is 4. The van der Waals surface area contributed by atoms with Gasteiger partial charge in [0, 0.05) is 18.0 Å². The Morgan fingerprint density at radius 1 is 1.41 bits per heavy atom. The van der Waals surface area contributed by atoms with Crippen LogP contribution in [0, 0.1) is 5.92 Å². The van der Waals surface area contributed by atoms with Crippen molar-refractivity contribution >= 4 is 40.4 Å². The number of nitrogens with zero attached hydrogens (tertiary/aromatic N) is 3. The third-order valence-electron chi connectivity index (χ3n) is 5.67. The fourth-order valence-electron chi connectivity index (χ4n) is 3.79. The number of hydrogen-bond acceptors (Lipinski definition) is 6. The Morgan fingerprint density at radius 3 is 2.76 bits per heavy atom. The van der Waals surface area contributed by atoms with Crippen molar-refractivity contribution in [2.75, 3.05) is 17.2 Å². The zero-order chi connectivity index (χ0) is 24.6. The summed E-state index contributed by atoms with van der Waals surface area (Å²) >= 11 is 1.28. The van der Waals surface area contributed by atoms with Crippen LogP contribution in [0.15, 0.2) is 11.1 Å². The highest BCUT2D eigenvalue weighted by molar-refractivity contribution is 7.17. The second-order valence-corrected chi connectivity index (χ2v) is 9.24. The van der Waals surface area contributed by atoms with Crippen LogP contribution in [-0.4, -0.2) is 46.8 Å². The van der Waals surface area contributed by atoms with E-state index in [9.17, 15) is 27.2 Å². The maximum absolute atomic E-state index is 13.3. The number of nitrogens with one attached hydrogen (secondary N) is 2. The number of carbonyl (C=O) groups is 2. The number of halogens is 4. The van der Waals surface area contributed by atoms with Crippen LogP contribution in [0.3, 0.4) is 0 Å². The minimum absolute atomic E-state index is 0.131. The average Bonchev–Trinajstić information content (AvgIpc) is 3.21. The molecule has 2 N–H and O–H groups in total. The molecule has 8 nitrogen and oxygen atoms in total. The molecular formula is C21H23F4N5O3S. The molecule has 2 aromatic rings. The molecule has 4 rings (SSSR count). The molecule has 184 valence electrons. The summed E-state index contributed by atoms with van der Waals surface area (Å²) in [4.78, 5) is 30.3. The number of esters is 1. The van der Waals surface area contributed by atoms with Crippen LogP contribution in [0.5, 0.6) is 0 Å². The number of aliphatic imine (C=N–C) groups is 1. The minimum Gasteiger partial charge on any atom is -0.462 e. The van der Waals surface area contributed by atoms with Crippen LogP contribution in [-0.2, 0) is 35.6 Å². The van der Waals surface area contributed by atoms with Crippen LogP contribution in [0.4, 0.5) is 28.4 Å². The minimum atomic E-state index is -4.55. The number of hydrogen-bond donors (Lipinski definition) is 2. The van der Waals surface area contributed by atoms with Gasteiger partial charge in [-0.15, -0.1) is 11.3 Å². The van der Waals surface area contributed by atoms with Crippen molar-refractivity contribution in [2.45, 2.75) is 51.0 Å². The number of thiophene rings is 1. The van der Waals surface area contributed by atoms with E-state index in [1.807, 2.05) is 0 Å². The fraction of sp³-hybridized carbons (Fsp3) is 0.524. The van der Waals surface area contributed by atoms with Crippen molar-refractivity contribution < 1.29 is 31.9 Å². The first-order valence-corrected chi connectivity index (χ1v) is 11.6. The molecule has 2 heterocycles. The van der Waals surface area contributed by atoms with Gasteiger partial charge in [-0.1, -0.05) is 0 Å². The number of fused-ring (bicyclic) bond motifs is 1. The second-order valence-electron chi connectivity index (χ2n) is 8.13. The molecule has 0 saturated heterocycles. The Hall–Kier alpha value is -2.96. The molecule has 2 aliphatic carbocycles. The van der Waals surface area contributed by atoms with Crippen LogP contribution in [0.25, 0.3) is 0 Å². The first-order valence-electron chi connectivity index (χ1n) is 10.7. The lowest BCUT2D eigenvalue weighted by atomic mass is 9.92. The summed E-state index contributed by atoms with van der Waals surface area (Å²) < 4.78 is 58.0. The van der Waals surface area contributed by atoms with E-state index >= 15 is 0 Å². The fourth-order valence-corrected chi connectivity index (χ4v) is 5.02. The Morgan fingerprint density at radius 2 is 2.15 bits per heavy atom. The van der Waals surface area contributed by atoms with E-state index in [2.05, 4.69) is 20.7 Å². The molecule has 1 saturated carbocycles.